The molecule has 0 atom stereocenters. The third-order valence-electron chi connectivity index (χ3n) is 2.68. The van der Waals surface area contributed by atoms with Gasteiger partial charge in [0.25, 0.3) is 5.82 Å². The lowest BCUT2D eigenvalue weighted by molar-refractivity contribution is 1.34. The summed E-state index contributed by atoms with van der Waals surface area (Å²) in [5, 5.41) is 15.2. The lowest BCUT2D eigenvalue weighted by Gasteiger charge is -2.09. The average molecular weight is 418 g/mol. The molecular formula is C16H10Br2N4. The average Bonchev–Trinajstić information content (AvgIpc) is 2.54. The summed E-state index contributed by atoms with van der Waals surface area (Å²) in [6.07, 6.45) is 0. The van der Waals surface area contributed by atoms with Crippen LogP contribution in [-0.2, 0) is 0 Å². The summed E-state index contributed by atoms with van der Waals surface area (Å²) in [6.45, 7) is 7.28. The number of benzene rings is 2. The molecule has 2 N–H and O–H groups in total. The molecule has 0 saturated carbocycles. The summed E-state index contributed by atoms with van der Waals surface area (Å²) in [6, 6.07) is 16.7. The molecule has 0 fully saturated rings. The Balaban J connectivity index is 2.25. The second-order valence-electron chi connectivity index (χ2n) is 4.21. The van der Waals surface area contributed by atoms with Crippen LogP contribution in [-0.4, -0.2) is 0 Å². The van der Waals surface area contributed by atoms with Crippen LogP contribution in [0.25, 0.3) is 4.85 Å². The van der Waals surface area contributed by atoms with Crippen molar-refractivity contribution in [3.63, 3.8) is 0 Å². The van der Waals surface area contributed by atoms with Crippen molar-refractivity contribution >= 4 is 43.2 Å². The molecule has 0 bridgehead atoms. The quantitative estimate of drug-likeness (QED) is 0.520. The predicted octanol–water partition coefficient (Wildman–Crippen LogP) is 5.35. The second-order valence-corrected chi connectivity index (χ2v) is 6.04. The minimum absolute atomic E-state index is 0.146. The molecule has 0 aromatic heterocycles. The second kappa shape index (κ2) is 7.65. The van der Waals surface area contributed by atoms with Crippen LogP contribution in [0.5, 0.6) is 0 Å². The minimum Gasteiger partial charge on any atom is -0.361 e. The summed E-state index contributed by atoms with van der Waals surface area (Å²) in [4.78, 5) is 3.40. The zero-order valence-electron chi connectivity index (χ0n) is 11.3. The smallest absolute Gasteiger partial charge is 0.262 e. The van der Waals surface area contributed by atoms with E-state index in [4.69, 9.17) is 6.57 Å². The van der Waals surface area contributed by atoms with Crippen LogP contribution in [0.3, 0.4) is 0 Å². The first kappa shape index (κ1) is 16.1. The Morgan fingerprint density at radius 3 is 1.77 bits per heavy atom. The van der Waals surface area contributed by atoms with Crippen LogP contribution in [0.1, 0.15) is 0 Å². The van der Waals surface area contributed by atoms with Crippen molar-refractivity contribution < 1.29 is 0 Å². The van der Waals surface area contributed by atoms with Gasteiger partial charge >= 0.3 is 0 Å². The molecule has 2 aromatic carbocycles. The third kappa shape index (κ3) is 4.36. The molecule has 0 aliphatic rings. The molecule has 0 radical (unpaired) electrons. The maximum absolute atomic E-state index is 9.30. The van der Waals surface area contributed by atoms with Crippen LogP contribution in [0.4, 0.5) is 11.4 Å². The van der Waals surface area contributed by atoms with Crippen molar-refractivity contribution in [3.05, 3.63) is 80.4 Å². The van der Waals surface area contributed by atoms with Crippen molar-refractivity contribution in [1.29, 1.82) is 5.26 Å². The van der Waals surface area contributed by atoms with Gasteiger partial charge in [0.05, 0.1) is 0 Å². The van der Waals surface area contributed by atoms with Crippen LogP contribution < -0.4 is 10.6 Å². The highest BCUT2D eigenvalue weighted by Crippen LogP contribution is 2.20. The maximum atomic E-state index is 9.30. The third-order valence-corrected chi connectivity index (χ3v) is 3.74. The molecule has 0 unspecified atom stereocenters. The van der Waals surface area contributed by atoms with E-state index in [1.54, 1.807) is 0 Å². The Labute approximate surface area is 145 Å². The van der Waals surface area contributed by atoms with Crippen LogP contribution >= 0.6 is 31.9 Å². The summed E-state index contributed by atoms with van der Waals surface area (Å²) >= 11 is 6.70. The zero-order chi connectivity index (χ0) is 15.9. The van der Waals surface area contributed by atoms with Gasteiger partial charge < -0.3 is 15.5 Å². The Bertz CT molecular complexity index is 698. The van der Waals surface area contributed by atoms with E-state index in [0.717, 1.165) is 20.3 Å². The summed E-state index contributed by atoms with van der Waals surface area (Å²) in [5.74, 6) is 0.146. The number of rotatable bonds is 4. The molecule has 2 aromatic rings. The lowest BCUT2D eigenvalue weighted by atomic mass is 10.3. The molecule has 6 heteroatoms. The van der Waals surface area contributed by atoms with E-state index in [-0.39, 0.29) is 11.5 Å². The first-order valence-electron chi connectivity index (χ1n) is 6.19. The summed E-state index contributed by atoms with van der Waals surface area (Å²) in [5.41, 5.74) is 1.64. The highest BCUT2D eigenvalue weighted by atomic mass is 79.9. The highest BCUT2D eigenvalue weighted by molar-refractivity contribution is 9.10. The molecule has 0 spiro atoms. The maximum Gasteiger partial charge on any atom is 0.262 e. The van der Waals surface area contributed by atoms with Gasteiger partial charge in [-0.05, 0) is 48.5 Å². The number of hydrogen-bond acceptors (Lipinski definition) is 3. The Morgan fingerprint density at radius 1 is 0.909 bits per heavy atom. The molecule has 0 amide bonds. The molecule has 0 heterocycles. The van der Waals surface area contributed by atoms with Crippen LogP contribution in [0.2, 0.25) is 0 Å². The molecule has 2 rings (SSSR count). The largest absolute Gasteiger partial charge is 0.361 e. The van der Waals surface area contributed by atoms with Crippen LogP contribution in [0, 0.1) is 17.9 Å². The van der Waals surface area contributed by atoms with Crippen molar-refractivity contribution in [1.82, 2.24) is 0 Å². The van der Waals surface area contributed by atoms with E-state index in [2.05, 4.69) is 47.3 Å². The normalized spacial score (nSPS) is 10.9. The fourth-order valence-electron chi connectivity index (χ4n) is 1.63. The highest BCUT2D eigenvalue weighted by Gasteiger charge is 2.08. The number of nitrogens with zero attached hydrogens (tertiary/aromatic N) is 2. The van der Waals surface area contributed by atoms with Gasteiger partial charge in [-0.3, -0.25) is 0 Å². The van der Waals surface area contributed by atoms with E-state index >= 15 is 0 Å². The topological polar surface area (TPSA) is 52.2 Å². The monoisotopic (exact) mass is 416 g/mol. The Hall–Kier alpha value is -2.28. The van der Waals surface area contributed by atoms with Crippen molar-refractivity contribution in [2.24, 2.45) is 0 Å². The van der Waals surface area contributed by atoms with Gasteiger partial charge in [0.1, 0.15) is 17.5 Å². The zero-order valence-corrected chi connectivity index (χ0v) is 14.4. The Morgan fingerprint density at radius 2 is 1.36 bits per heavy atom. The van der Waals surface area contributed by atoms with E-state index in [9.17, 15) is 5.26 Å². The van der Waals surface area contributed by atoms with Crippen molar-refractivity contribution in [3.8, 4) is 6.07 Å². The number of halogens is 2. The minimum atomic E-state index is 0.146. The van der Waals surface area contributed by atoms with Gasteiger partial charge in [-0.15, -0.1) is 0 Å². The van der Waals surface area contributed by atoms with Gasteiger partial charge in [-0.25, -0.2) is 0 Å². The predicted molar refractivity (Wildman–Crippen MR) is 94.8 cm³/mol. The number of hydrogen-bond donors (Lipinski definition) is 2. The number of anilines is 2. The van der Waals surface area contributed by atoms with Crippen molar-refractivity contribution in [2.75, 3.05) is 10.6 Å². The fraction of sp³-hybridized carbons (Fsp3) is 0. The van der Waals surface area contributed by atoms with Gasteiger partial charge in [0.15, 0.2) is 0 Å². The van der Waals surface area contributed by atoms with Crippen molar-refractivity contribution in [2.45, 2.75) is 0 Å². The van der Waals surface area contributed by atoms with Gasteiger partial charge in [0.2, 0.25) is 0 Å². The van der Waals surface area contributed by atoms with E-state index < -0.39 is 0 Å². The van der Waals surface area contributed by atoms with Gasteiger partial charge in [-0.2, -0.15) is 5.26 Å². The fourth-order valence-corrected chi connectivity index (χ4v) is 2.16. The van der Waals surface area contributed by atoms with Gasteiger partial charge in [-0.1, -0.05) is 38.4 Å². The SMILES string of the molecule is [C-]#[N+]/C(Nc1ccc(Br)cc1)=C(\C#N)Nc1ccc(Br)cc1. The lowest BCUT2D eigenvalue weighted by Crippen LogP contribution is -2.06. The van der Waals surface area contributed by atoms with Gasteiger partial charge in [0, 0.05) is 14.6 Å². The van der Waals surface area contributed by atoms with Crippen LogP contribution in [0.15, 0.2) is 69.0 Å². The first-order chi connectivity index (χ1) is 10.6. The molecule has 0 aliphatic heterocycles. The molecule has 0 aliphatic carbocycles. The number of nitriles is 1. The molecular weight excluding hydrogens is 408 g/mol. The first-order valence-corrected chi connectivity index (χ1v) is 7.78. The molecule has 22 heavy (non-hydrogen) atoms. The number of allylic oxidation sites excluding steroid dienone is 1. The van der Waals surface area contributed by atoms with E-state index in [0.29, 0.717) is 0 Å². The molecule has 0 saturated heterocycles. The number of nitrogens with one attached hydrogen (secondary N) is 2. The summed E-state index contributed by atoms with van der Waals surface area (Å²) < 4.78 is 1.89. The molecule has 108 valence electrons. The molecule has 4 nitrogen and oxygen atoms in total. The summed E-state index contributed by atoms with van der Waals surface area (Å²) in [7, 11) is 0. The standard InChI is InChI=1S/C16H10Br2N4/c1-20-16(22-14-8-4-12(18)5-9-14)15(10-19)21-13-6-2-11(17)3-7-13/h2-9,21-22H/b16-15-. The van der Waals surface area contributed by atoms with E-state index in [1.807, 2.05) is 54.6 Å². The Kier molecular flexibility index (Phi) is 5.60. The van der Waals surface area contributed by atoms with E-state index in [1.165, 1.54) is 0 Å².